The van der Waals surface area contributed by atoms with Gasteiger partial charge < -0.3 is 0 Å². The minimum absolute atomic E-state index is 0.0869. The smallest absolute Gasteiger partial charge is 0.165 e. The molecule has 0 aliphatic rings. The van der Waals surface area contributed by atoms with Crippen molar-refractivity contribution in [2.24, 2.45) is 10.2 Å². The van der Waals surface area contributed by atoms with Crippen LogP contribution in [0.25, 0.3) is 0 Å². The quantitative estimate of drug-likeness (QED) is 0.555. The van der Waals surface area contributed by atoms with E-state index in [0.29, 0.717) is 5.56 Å². The minimum Gasteiger partial charge on any atom is -0.165 e. The van der Waals surface area contributed by atoms with E-state index < -0.39 is 6.18 Å². The zero-order valence-corrected chi connectivity index (χ0v) is 8.13. The van der Waals surface area contributed by atoms with Crippen molar-refractivity contribution in [1.82, 2.24) is 0 Å². The highest BCUT2D eigenvalue weighted by Crippen LogP contribution is 2.11. The molecule has 0 saturated heterocycles. The topological polar surface area (TPSA) is 24.7 Å². The summed E-state index contributed by atoms with van der Waals surface area (Å²) in [7, 11) is 0. The van der Waals surface area contributed by atoms with E-state index in [1.165, 1.54) is 0 Å². The van der Waals surface area contributed by atoms with Crippen LogP contribution in [0.4, 0.5) is 13.2 Å². The van der Waals surface area contributed by atoms with Crippen molar-refractivity contribution in [3.8, 4) is 0 Å². The van der Waals surface area contributed by atoms with Crippen LogP contribution in [-0.4, -0.2) is 17.6 Å². The number of hydrogen-bond acceptors (Lipinski definition) is 2. The Morgan fingerprint density at radius 3 is 2.33 bits per heavy atom. The Kier molecular flexibility index (Phi) is 3.85. The van der Waals surface area contributed by atoms with Crippen molar-refractivity contribution >= 4 is 23.0 Å². The second-order valence-electron chi connectivity index (χ2n) is 2.54. The molecule has 2 nitrogen and oxygen atoms in total. The molecular formula is C9H6ClF3N2. The largest absolute Gasteiger partial charge is 0.428 e. The SMILES string of the molecule is FC(F)(F)/C=N/N=C(\Cl)c1ccccc1. The van der Waals surface area contributed by atoms with Crippen LogP contribution in [0, 0.1) is 0 Å². The van der Waals surface area contributed by atoms with Gasteiger partial charge in [0.15, 0.2) is 5.17 Å². The second-order valence-corrected chi connectivity index (χ2v) is 2.90. The van der Waals surface area contributed by atoms with E-state index in [0.717, 1.165) is 0 Å². The van der Waals surface area contributed by atoms with E-state index in [9.17, 15) is 13.2 Å². The zero-order valence-electron chi connectivity index (χ0n) is 7.37. The fourth-order valence-electron chi connectivity index (χ4n) is 0.778. The zero-order chi connectivity index (χ0) is 11.3. The van der Waals surface area contributed by atoms with E-state index in [1.54, 1.807) is 30.3 Å². The van der Waals surface area contributed by atoms with Gasteiger partial charge in [0, 0.05) is 5.56 Å². The summed E-state index contributed by atoms with van der Waals surface area (Å²) in [6, 6.07) is 8.39. The molecule has 0 unspecified atom stereocenters. The second kappa shape index (κ2) is 4.93. The van der Waals surface area contributed by atoms with Crippen LogP contribution in [0.5, 0.6) is 0 Å². The van der Waals surface area contributed by atoms with E-state index in [2.05, 4.69) is 10.2 Å². The summed E-state index contributed by atoms with van der Waals surface area (Å²) < 4.78 is 34.9. The average Bonchev–Trinajstić information content (AvgIpc) is 2.17. The van der Waals surface area contributed by atoms with Gasteiger partial charge in [0.2, 0.25) is 0 Å². The Balaban J connectivity index is 2.74. The van der Waals surface area contributed by atoms with Crippen molar-refractivity contribution in [3.63, 3.8) is 0 Å². The summed E-state index contributed by atoms with van der Waals surface area (Å²) in [6.45, 7) is 0. The summed E-state index contributed by atoms with van der Waals surface area (Å²) in [5.74, 6) is 0. The Bertz CT molecular complexity index is 371. The predicted molar refractivity (Wildman–Crippen MR) is 53.4 cm³/mol. The Morgan fingerprint density at radius 2 is 1.80 bits per heavy atom. The molecule has 0 aliphatic carbocycles. The summed E-state index contributed by atoms with van der Waals surface area (Å²) in [5, 5.41) is 5.95. The Morgan fingerprint density at radius 1 is 1.20 bits per heavy atom. The maximum atomic E-state index is 11.6. The minimum atomic E-state index is -4.47. The van der Waals surface area contributed by atoms with Gasteiger partial charge in [0.25, 0.3) is 0 Å². The first-order chi connectivity index (χ1) is 6.99. The summed E-state index contributed by atoms with van der Waals surface area (Å²) >= 11 is 5.60. The van der Waals surface area contributed by atoms with Crippen molar-refractivity contribution < 1.29 is 13.2 Å². The summed E-state index contributed by atoms with van der Waals surface area (Å²) in [5.41, 5.74) is 0.512. The Hall–Kier alpha value is -1.36. The molecule has 0 heterocycles. The molecule has 0 amide bonds. The molecule has 80 valence electrons. The van der Waals surface area contributed by atoms with Gasteiger partial charge in [-0.15, -0.1) is 5.10 Å². The van der Waals surface area contributed by atoms with Crippen LogP contribution >= 0.6 is 11.6 Å². The van der Waals surface area contributed by atoms with E-state index in [1.807, 2.05) is 0 Å². The van der Waals surface area contributed by atoms with Gasteiger partial charge in [-0.25, -0.2) is 0 Å². The fourth-order valence-corrected chi connectivity index (χ4v) is 0.948. The van der Waals surface area contributed by atoms with Crippen LogP contribution in [-0.2, 0) is 0 Å². The third-order valence-corrected chi connectivity index (χ3v) is 1.66. The van der Waals surface area contributed by atoms with Gasteiger partial charge in [0.1, 0.15) is 6.21 Å². The highest BCUT2D eigenvalue weighted by molar-refractivity contribution is 6.69. The number of benzene rings is 1. The third-order valence-electron chi connectivity index (χ3n) is 1.36. The number of halogens is 4. The fraction of sp³-hybridized carbons (Fsp3) is 0.111. The lowest BCUT2D eigenvalue weighted by Gasteiger charge is -1.96. The normalized spacial score (nSPS) is 13.5. The lowest BCUT2D eigenvalue weighted by molar-refractivity contribution is -0.0537. The first-order valence-corrected chi connectivity index (χ1v) is 4.27. The standard InChI is InChI=1S/C9H6ClF3N2/c10-8(7-4-2-1-3-5-7)15-14-6-9(11,12)13/h1-6H/b14-6+,15-8-. The first kappa shape index (κ1) is 11.7. The van der Waals surface area contributed by atoms with Crippen LogP contribution in [0.2, 0.25) is 0 Å². The van der Waals surface area contributed by atoms with Gasteiger partial charge in [-0.1, -0.05) is 41.9 Å². The molecule has 0 radical (unpaired) electrons. The maximum absolute atomic E-state index is 11.6. The van der Waals surface area contributed by atoms with Crippen LogP contribution < -0.4 is 0 Å². The van der Waals surface area contributed by atoms with E-state index in [4.69, 9.17) is 11.6 Å². The number of hydrogen-bond donors (Lipinski definition) is 0. The average molecular weight is 235 g/mol. The number of alkyl halides is 3. The summed E-state index contributed by atoms with van der Waals surface area (Å²) in [6.07, 6.45) is -4.70. The predicted octanol–water partition coefficient (Wildman–Crippen LogP) is 3.22. The van der Waals surface area contributed by atoms with Crippen LogP contribution in [0.1, 0.15) is 5.56 Å². The highest BCUT2D eigenvalue weighted by atomic mass is 35.5. The van der Waals surface area contributed by atoms with Crippen molar-refractivity contribution in [2.45, 2.75) is 6.18 Å². The molecule has 0 aromatic heterocycles. The molecule has 1 rings (SSSR count). The lowest BCUT2D eigenvalue weighted by Crippen LogP contribution is -2.08. The van der Waals surface area contributed by atoms with Crippen molar-refractivity contribution in [3.05, 3.63) is 35.9 Å². The van der Waals surface area contributed by atoms with Gasteiger partial charge in [-0.3, -0.25) is 0 Å². The highest BCUT2D eigenvalue weighted by Gasteiger charge is 2.23. The molecule has 0 aliphatic heterocycles. The molecular weight excluding hydrogens is 229 g/mol. The van der Waals surface area contributed by atoms with E-state index >= 15 is 0 Å². The molecule has 0 saturated carbocycles. The van der Waals surface area contributed by atoms with Crippen molar-refractivity contribution in [1.29, 1.82) is 0 Å². The first-order valence-electron chi connectivity index (χ1n) is 3.89. The molecule has 0 bridgehead atoms. The van der Waals surface area contributed by atoms with Crippen LogP contribution in [0.15, 0.2) is 40.5 Å². The van der Waals surface area contributed by atoms with Gasteiger partial charge >= 0.3 is 6.18 Å². The molecule has 15 heavy (non-hydrogen) atoms. The molecule has 0 N–H and O–H groups in total. The van der Waals surface area contributed by atoms with E-state index in [-0.39, 0.29) is 11.4 Å². The molecule has 6 heteroatoms. The van der Waals surface area contributed by atoms with Crippen LogP contribution in [0.3, 0.4) is 0 Å². The number of nitrogens with zero attached hydrogens (tertiary/aromatic N) is 2. The molecule has 0 spiro atoms. The third kappa shape index (κ3) is 4.60. The number of rotatable bonds is 2. The molecule has 0 atom stereocenters. The van der Waals surface area contributed by atoms with Gasteiger partial charge in [-0.05, 0) is 0 Å². The Labute approximate surface area is 89.1 Å². The maximum Gasteiger partial charge on any atom is 0.428 e. The monoisotopic (exact) mass is 234 g/mol. The molecule has 1 aromatic carbocycles. The summed E-state index contributed by atoms with van der Waals surface area (Å²) in [4.78, 5) is 0. The van der Waals surface area contributed by atoms with Crippen molar-refractivity contribution in [2.75, 3.05) is 0 Å². The molecule has 1 aromatic rings. The van der Waals surface area contributed by atoms with Gasteiger partial charge in [-0.2, -0.15) is 18.3 Å². The van der Waals surface area contributed by atoms with Gasteiger partial charge in [0.05, 0.1) is 0 Å². The molecule has 0 fully saturated rings. The lowest BCUT2D eigenvalue weighted by atomic mass is 10.2.